The van der Waals surface area contributed by atoms with Gasteiger partial charge in [0.1, 0.15) is 18.5 Å². The van der Waals surface area contributed by atoms with Crippen molar-refractivity contribution in [1.29, 1.82) is 0 Å². The van der Waals surface area contributed by atoms with Crippen LogP contribution in [-0.2, 0) is 0 Å². The lowest BCUT2D eigenvalue weighted by molar-refractivity contribution is 0.117. The van der Waals surface area contributed by atoms with Crippen LogP contribution < -0.4 is 10.1 Å². The summed E-state index contributed by atoms with van der Waals surface area (Å²) in [6, 6.07) is 15.2. The number of aliphatic hydroxyl groups is 1. The summed E-state index contributed by atoms with van der Waals surface area (Å²) in [6.07, 6.45) is 1.45. The molecule has 1 unspecified atom stereocenters. The van der Waals surface area contributed by atoms with Gasteiger partial charge in [-0.1, -0.05) is 17.7 Å². The average molecular weight is 324 g/mol. The second-order valence-corrected chi connectivity index (χ2v) is 5.85. The van der Waals surface area contributed by atoms with E-state index in [2.05, 4.69) is 5.32 Å². The van der Waals surface area contributed by atoms with Crippen LogP contribution in [0.4, 0.5) is 5.69 Å². The number of hydrogen-bond acceptors (Lipinski definition) is 4. The summed E-state index contributed by atoms with van der Waals surface area (Å²) in [6.45, 7) is 0.648. The fourth-order valence-electron chi connectivity index (χ4n) is 1.75. The first-order chi connectivity index (χ1) is 10.2. The number of ether oxygens (including phenoxy) is 1. The molecule has 0 spiro atoms. The third-order valence-corrected chi connectivity index (χ3v) is 3.85. The summed E-state index contributed by atoms with van der Waals surface area (Å²) in [4.78, 5) is 1.21. The predicted octanol–water partition coefficient (Wildman–Crippen LogP) is 3.91. The molecule has 112 valence electrons. The van der Waals surface area contributed by atoms with Crippen LogP contribution >= 0.6 is 23.4 Å². The third-order valence-electron chi connectivity index (χ3n) is 2.87. The summed E-state index contributed by atoms with van der Waals surface area (Å²) in [5.74, 6) is 0.658. The second-order valence-electron chi connectivity index (χ2n) is 4.53. The zero-order valence-electron chi connectivity index (χ0n) is 11.8. The molecule has 2 aromatic carbocycles. The molecule has 0 saturated carbocycles. The fraction of sp³-hybridized carbons (Fsp3) is 0.250. The lowest BCUT2D eigenvalue weighted by Gasteiger charge is -2.14. The van der Waals surface area contributed by atoms with E-state index in [-0.39, 0.29) is 6.61 Å². The zero-order chi connectivity index (χ0) is 15.1. The van der Waals surface area contributed by atoms with Gasteiger partial charge in [-0.3, -0.25) is 0 Å². The van der Waals surface area contributed by atoms with E-state index in [1.807, 2.05) is 42.7 Å². The lowest BCUT2D eigenvalue weighted by Crippen LogP contribution is -2.26. The van der Waals surface area contributed by atoms with E-state index < -0.39 is 6.10 Å². The molecular weight excluding hydrogens is 306 g/mol. The Bertz CT molecular complexity index is 562. The molecule has 0 fully saturated rings. The van der Waals surface area contributed by atoms with Crippen LogP contribution in [0.25, 0.3) is 0 Å². The van der Waals surface area contributed by atoms with Crippen molar-refractivity contribution in [1.82, 2.24) is 0 Å². The van der Waals surface area contributed by atoms with Gasteiger partial charge in [-0.2, -0.15) is 0 Å². The number of hydrogen-bond donors (Lipinski definition) is 2. The van der Waals surface area contributed by atoms with E-state index in [0.717, 1.165) is 5.69 Å². The highest BCUT2D eigenvalue weighted by molar-refractivity contribution is 7.98. The monoisotopic (exact) mass is 323 g/mol. The van der Waals surface area contributed by atoms with Crippen molar-refractivity contribution in [3.8, 4) is 5.75 Å². The first-order valence-electron chi connectivity index (χ1n) is 6.62. The van der Waals surface area contributed by atoms with Gasteiger partial charge in [0.05, 0.1) is 0 Å². The molecule has 0 heterocycles. The van der Waals surface area contributed by atoms with E-state index in [1.54, 1.807) is 23.9 Å². The van der Waals surface area contributed by atoms with Gasteiger partial charge in [0.25, 0.3) is 0 Å². The minimum Gasteiger partial charge on any atom is -0.491 e. The standard InChI is InChI=1S/C16H18ClNO2S/c1-21-16-7-5-13(6-8-16)18-10-14(19)11-20-15-4-2-3-12(17)9-15/h2-9,14,18-19H,10-11H2,1H3. The van der Waals surface area contributed by atoms with E-state index >= 15 is 0 Å². The van der Waals surface area contributed by atoms with Crippen molar-refractivity contribution in [3.05, 3.63) is 53.6 Å². The van der Waals surface area contributed by atoms with Crippen LogP contribution in [0.15, 0.2) is 53.4 Å². The summed E-state index contributed by atoms with van der Waals surface area (Å²) in [5.41, 5.74) is 0.981. The Balaban J connectivity index is 1.75. The SMILES string of the molecule is CSc1ccc(NCC(O)COc2cccc(Cl)c2)cc1. The number of rotatable bonds is 7. The highest BCUT2D eigenvalue weighted by Crippen LogP contribution is 2.18. The zero-order valence-corrected chi connectivity index (χ0v) is 13.3. The summed E-state index contributed by atoms with van der Waals surface area (Å²) in [5, 5.41) is 13.7. The Morgan fingerprint density at radius 3 is 2.67 bits per heavy atom. The van der Waals surface area contributed by atoms with Gasteiger partial charge in [-0.05, 0) is 48.7 Å². The summed E-state index contributed by atoms with van der Waals surface area (Å²) in [7, 11) is 0. The molecule has 3 nitrogen and oxygen atoms in total. The molecule has 21 heavy (non-hydrogen) atoms. The van der Waals surface area contributed by atoms with Crippen molar-refractivity contribution in [2.45, 2.75) is 11.0 Å². The molecule has 1 atom stereocenters. The molecule has 0 aliphatic carbocycles. The Hall–Kier alpha value is -1.36. The molecule has 0 aliphatic rings. The van der Waals surface area contributed by atoms with Crippen LogP contribution in [-0.4, -0.2) is 30.6 Å². The van der Waals surface area contributed by atoms with E-state index in [1.165, 1.54) is 4.90 Å². The smallest absolute Gasteiger partial charge is 0.120 e. The van der Waals surface area contributed by atoms with Gasteiger partial charge in [0.2, 0.25) is 0 Å². The number of anilines is 1. The quantitative estimate of drug-likeness (QED) is 0.758. The van der Waals surface area contributed by atoms with E-state index in [9.17, 15) is 5.11 Å². The van der Waals surface area contributed by atoms with Crippen molar-refractivity contribution >= 4 is 29.1 Å². The molecule has 5 heteroatoms. The Labute approximate surface area is 134 Å². The Morgan fingerprint density at radius 1 is 1.24 bits per heavy atom. The minimum atomic E-state index is -0.593. The molecule has 0 saturated heterocycles. The first-order valence-corrected chi connectivity index (χ1v) is 8.22. The number of nitrogens with one attached hydrogen (secondary N) is 1. The Kier molecular flexibility index (Phi) is 6.23. The lowest BCUT2D eigenvalue weighted by atomic mass is 10.3. The Morgan fingerprint density at radius 2 is 2.00 bits per heavy atom. The average Bonchev–Trinajstić information content (AvgIpc) is 2.51. The minimum absolute atomic E-state index is 0.218. The van der Waals surface area contributed by atoms with Crippen LogP contribution in [0, 0.1) is 0 Å². The molecule has 2 N–H and O–H groups in total. The molecular formula is C16H18ClNO2S. The molecule has 0 radical (unpaired) electrons. The van der Waals surface area contributed by atoms with E-state index in [4.69, 9.17) is 16.3 Å². The first kappa shape index (κ1) is 16.0. The maximum Gasteiger partial charge on any atom is 0.120 e. The topological polar surface area (TPSA) is 41.5 Å². The number of benzene rings is 2. The van der Waals surface area contributed by atoms with E-state index in [0.29, 0.717) is 17.3 Å². The number of aliphatic hydroxyl groups excluding tert-OH is 1. The van der Waals surface area contributed by atoms with Gasteiger partial charge >= 0.3 is 0 Å². The van der Waals surface area contributed by atoms with Crippen LogP contribution in [0.1, 0.15) is 0 Å². The molecule has 2 aromatic rings. The summed E-state index contributed by atoms with van der Waals surface area (Å²) < 4.78 is 5.50. The van der Waals surface area contributed by atoms with Crippen LogP contribution in [0.5, 0.6) is 5.75 Å². The number of thioether (sulfide) groups is 1. The predicted molar refractivity (Wildman–Crippen MR) is 89.7 cm³/mol. The molecule has 0 amide bonds. The van der Waals surface area contributed by atoms with Crippen molar-refractivity contribution in [3.63, 3.8) is 0 Å². The maximum absolute atomic E-state index is 9.92. The van der Waals surface area contributed by atoms with Gasteiger partial charge in [-0.15, -0.1) is 11.8 Å². The van der Waals surface area contributed by atoms with Gasteiger partial charge in [0.15, 0.2) is 0 Å². The van der Waals surface area contributed by atoms with Crippen molar-refractivity contribution < 1.29 is 9.84 Å². The molecule has 0 aliphatic heterocycles. The van der Waals surface area contributed by atoms with Crippen LogP contribution in [0.3, 0.4) is 0 Å². The van der Waals surface area contributed by atoms with Gasteiger partial charge < -0.3 is 15.2 Å². The third kappa shape index (κ3) is 5.50. The highest BCUT2D eigenvalue weighted by atomic mass is 35.5. The molecule has 0 bridgehead atoms. The molecule has 2 rings (SSSR count). The second kappa shape index (κ2) is 8.17. The van der Waals surface area contributed by atoms with Gasteiger partial charge in [0, 0.05) is 22.2 Å². The van der Waals surface area contributed by atoms with Gasteiger partial charge in [-0.25, -0.2) is 0 Å². The molecule has 0 aromatic heterocycles. The largest absolute Gasteiger partial charge is 0.491 e. The summed E-state index contributed by atoms with van der Waals surface area (Å²) >= 11 is 7.57. The normalized spacial score (nSPS) is 12.0. The fourth-order valence-corrected chi connectivity index (χ4v) is 2.34. The highest BCUT2D eigenvalue weighted by Gasteiger charge is 2.05. The van der Waals surface area contributed by atoms with Crippen molar-refractivity contribution in [2.24, 2.45) is 0 Å². The maximum atomic E-state index is 9.92. The number of halogens is 1. The van der Waals surface area contributed by atoms with Crippen LogP contribution in [0.2, 0.25) is 5.02 Å². The van der Waals surface area contributed by atoms with Crippen molar-refractivity contribution in [2.75, 3.05) is 24.7 Å².